The Hall–Kier alpha value is -2.76. The predicted octanol–water partition coefficient (Wildman–Crippen LogP) is -0.0310. The highest BCUT2D eigenvalue weighted by Crippen LogP contribution is 2.35. The number of rotatable bonds is 3. The number of sulfonamides is 2. The molecular formula is C16H13N3O6S2. The zero-order valence-electron chi connectivity index (χ0n) is 13.7. The fraction of sp³-hybridized carbons (Fsp3) is 0.125. The Morgan fingerprint density at radius 1 is 0.889 bits per heavy atom. The Morgan fingerprint density at radius 2 is 1.56 bits per heavy atom. The first-order chi connectivity index (χ1) is 12.6. The number of benzene rings is 2. The van der Waals surface area contributed by atoms with Crippen molar-refractivity contribution in [1.29, 1.82) is 0 Å². The van der Waals surface area contributed by atoms with E-state index in [0.717, 1.165) is 4.31 Å². The summed E-state index contributed by atoms with van der Waals surface area (Å²) in [6.07, 6.45) is 0.321. The molecule has 27 heavy (non-hydrogen) atoms. The molecule has 3 N–H and O–H groups in total. The van der Waals surface area contributed by atoms with Gasteiger partial charge in [-0.25, -0.2) is 22.0 Å². The smallest absolute Gasteiger partial charge is 0.264 e. The summed E-state index contributed by atoms with van der Waals surface area (Å²) in [5.41, 5.74) is 1.02. The third-order valence-electron chi connectivity index (χ3n) is 4.53. The third-order valence-corrected chi connectivity index (χ3v) is 7.25. The van der Waals surface area contributed by atoms with Gasteiger partial charge in [-0.15, -0.1) is 0 Å². The van der Waals surface area contributed by atoms with Gasteiger partial charge < -0.3 is 0 Å². The second-order valence-electron chi connectivity index (χ2n) is 6.15. The number of hydrogen-bond donors (Lipinski definition) is 2. The molecule has 0 saturated carbocycles. The van der Waals surface area contributed by atoms with Gasteiger partial charge in [0.05, 0.1) is 26.6 Å². The van der Waals surface area contributed by atoms with E-state index in [4.69, 9.17) is 5.14 Å². The largest absolute Gasteiger partial charge is 0.288 e. The molecule has 0 bridgehead atoms. The van der Waals surface area contributed by atoms with E-state index in [9.17, 15) is 26.4 Å². The lowest BCUT2D eigenvalue weighted by atomic mass is 10.1. The van der Waals surface area contributed by atoms with E-state index in [1.807, 2.05) is 0 Å². The topological polar surface area (TPSA) is 144 Å². The first kappa shape index (κ1) is 17.6. The average Bonchev–Trinajstić information content (AvgIpc) is 3.15. The van der Waals surface area contributed by atoms with E-state index in [1.165, 1.54) is 36.4 Å². The van der Waals surface area contributed by atoms with Crippen LogP contribution in [0.1, 0.15) is 26.3 Å². The van der Waals surface area contributed by atoms with Gasteiger partial charge in [-0.1, -0.05) is 0 Å². The van der Waals surface area contributed by atoms with Crippen LogP contribution in [-0.2, 0) is 26.5 Å². The Labute approximate surface area is 154 Å². The number of carbonyl (C=O) groups is 2. The highest BCUT2D eigenvalue weighted by molar-refractivity contribution is 7.92. The summed E-state index contributed by atoms with van der Waals surface area (Å²) in [6, 6.07) is 7.73. The standard InChI is InChI=1S/C16H13N3O6S2/c17-26(22,23)10-2-4-14-9(7-10)5-6-19(14)27(24,25)11-1-3-12-13(8-11)16(21)18-15(12)20/h1-4,7-8H,5-6H2,(H2,17,22,23)(H,18,20,21). The maximum absolute atomic E-state index is 13.0. The summed E-state index contributed by atoms with van der Waals surface area (Å²) in [5, 5.41) is 7.23. The molecule has 2 aromatic rings. The van der Waals surface area contributed by atoms with Crippen molar-refractivity contribution in [2.75, 3.05) is 10.8 Å². The number of fused-ring (bicyclic) bond motifs is 2. The lowest BCUT2D eigenvalue weighted by Gasteiger charge is -2.20. The van der Waals surface area contributed by atoms with Gasteiger partial charge in [-0.05, 0) is 48.4 Å². The maximum atomic E-state index is 13.0. The quantitative estimate of drug-likeness (QED) is 0.684. The van der Waals surface area contributed by atoms with Gasteiger partial charge in [0.25, 0.3) is 21.8 Å². The van der Waals surface area contributed by atoms with Crippen LogP contribution in [0.4, 0.5) is 5.69 Å². The summed E-state index contributed by atoms with van der Waals surface area (Å²) in [6.45, 7) is 0.119. The molecule has 11 heteroatoms. The fourth-order valence-electron chi connectivity index (χ4n) is 3.21. The number of imide groups is 1. The molecule has 0 saturated heterocycles. The molecule has 0 atom stereocenters. The van der Waals surface area contributed by atoms with Crippen LogP contribution >= 0.6 is 0 Å². The Kier molecular flexibility index (Phi) is 3.67. The highest BCUT2D eigenvalue weighted by atomic mass is 32.2. The van der Waals surface area contributed by atoms with Crippen molar-refractivity contribution in [2.45, 2.75) is 16.2 Å². The number of hydrogen-bond acceptors (Lipinski definition) is 6. The maximum Gasteiger partial charge on any atom is 0.264 e. The summed E-state index contributed by atoms with van der Waals surface area (Å²) in [4.78, 5) is 23.2. The van der Waals surface area contributed by atoms with Crippen LogP contribution in [0, 0.1) is 0 Å². The molecule has 2 aromatic carbocycles. The van der Waals surface area contributed by atoms with E-state index in [1.54, 1.807) is 0 Å². The van der Waals surface area contributed by atoms with Gasteiger partial charge in [0.1, 0.15) is 0 Å². The van der Waals surface area contributed by atoms with Crippen molar-refractivity contribution in [3.63, 3.8) is 0 Å². The summed E-state index contributed by atoms with van der Waals surface area (Å²) in [7, 11) is -7.89. The molecule has 0 unspecified atom stereocenters. The third kappa shape index (κ3) is 2.71. The zero-order chi connectivity index (χ0) is 19.6. The fourth-order valence-corrected chi connectivity index (χ4v) is 5.30. The van der Waals surface area contributed by atoms with Crippen LogP contribution in [0.5, 0.6) is 0 Å². The minimum absolute atomic E-state index is 0.00469. The number of amides is 2. The van der Waals surface area contributed by atoms with Gasteiger partial charge in [-0.2, -0.15) is 0 Å². The molecule has 0 spiro atoms. The van der Waals surface area contributed by atoms with Gasteiger partial charge >= 0.3 is 0 Å². The van der Waals surface area contributed by atoms with Gasteiger partial charge in [0, 0.05) is 6.54 Å². The lowest BCUT2D eigenvalue weighted by Crippen LogP contribution is -2.29. The molecule has 0 radical (unpaired) electrons. The van der Waals surface area contributed by atoms with Gasteiger partial charge in [0.15, 0.2) is 0 Å². The van der Waals surface area contributed by atoms with Gasteiger partial charge in [0.2, 0.25) is 10.0 Å². The van der Waals surface area contributed by atoms with E-state index in [-0.39, 0.29) is 27.5 Å². The number of carbonyl (C=O) groups excluding carboxylic acids is 2. The van der Waals surface area contributed by atoms with Crippen molar-refractivity contribution in [3.8, 4) is 0 Å². The number of anilines is 1. The minimum Gasteiger partial charge on any atom is -0.288 e. The van der Waals surface area contributed by atoms with Crippen LogP contribution < -0.4 is 14.8 Å². The van der Waals surface area contributed by atoms with Crippen molar-refractivity contribution < 1.29 is 26.4 Å². The second-order valence-corrected chi connectivity index (χ2v) is 9.58. The van der Waals surface area contributed by atoms with Crippen LogP contribution in [0.25, 0.3) is 0 Å². The first-order valence-corrected chi connectivity index (χ1v) is 10.8. The van der Waals surface area contributed by atoms with Crippen LogP contribution in [0.15, 0.2) is 46.2 Å². The number of nitrogens with two attached hydrogens (primary N) is 1. The highest BCUT2D eigenvalue weighted by Gasteiger charge is 2.34. The van der Waals surface area contributed by atoms with Crippen LogP contribution in [0.3, 0.4) is 0 Å². The molecule has 0 aromatic heterocycles. The predicted molar refractivity (Wildman–Crippen MR) is 94.3 cm³/mol. The molecule has 9 nitrogen and oxygen atoms in total. The first-order valence-electron chi connectivity index (χ1n) is 7.77. The van der Waals surface area contributed by atoms with E-state index < -0.39 is 31.9 Å². The second kappa shape index (κ2) is 5.62. The van der Waals surface area contributed by atoms with Crippen LogP contribution in [0.2, 0.25) is 0 Å². The van der Waals surface area contributed by atoms with Crippen molar-refractivity contribution >= 4 is 37.5 Å². The summed E-state index contributed by atoms with van der Waals surface area (Å²) >= 11 is 0. The van der Waals surface area contributed by atoms with E-state index in [2.05, 4.69) is 5.32 Å². The molecule has 0 fully saturated rings. The van der Waals surface area contributed by atoms with Crippen molar-refractivity contribution in [3.05, 3.63) is 53.1 Å². The Morgan fingerprint density at radius 3 is 2.26 bits per heavy atom. The van der Waals surface area contributed by atoms with Crippen molar-refractivity contribution in [1.82, 2.24) is 5.32 Å². The zero-order valence-corrected chi connectivity index (χ0v) is 15.3. The minimum atomic E-state index is -4.00. The van der Waals surface area contributed by atoms with E-state index in [0.29, 0.717) is 17.7 Å². The van der Waals surface area contributed by atoms with E-state index >= 15 is 0 Å². The molecule has 4 rings (SSSR count). The number of nitrogens with zero attached hydrogens (tertiary/aromatic N) is 1. The molecule has 2 aliphatic heterocycles. The van der Waals surface area contributed by atoms with Gasteiger partial charge in [-0.3, -0.25) is 19.2 Å². The summed E-state index contributed by atoms with van der Waals surface area (Å²) < 4.78 is 50.2. The molecule has 140 valence electrons. The summed E-state index contributed by atoms with van der Waals surface area (Å²) in [5.74, 6) is -1.22. The molecule has 2 amide bonds. The number of nitrogens with one attached hydrogen (secondary N) is 1. The Bertz CT molecular complexity index is 1230. The SMILES string of the molecule is NS(=O)(=O)c1ccc2c(c1)CCN2S(=O)(=O)c1ccc2c(c1)C(=O)NC2=O. The monoisotopic (exact) mass is 407 g/mol. The Balaban J connectivity index is 1.77. The van der Waals surface area contributed by atoms with Crippen molar-refractivity contribution in [2.24, 2.45) is 5.14 Å². The number of primary sulfonamides is 1. The molecule has 0 aliphatic carbocycles. The molecule has 2 aliphatic rings. The molecular weight excluding hydrogens is 394 g/mol. The lowest BCUT2D eigenvalue weighted by molar-refractivity contribution is 0.0879. The molecule has 2 heterocycles. The average molecular weight is 407 g/mol. The van der Waals surface area contributed by atoms with Crippen LogP contribution in [-0.4, -0.2) is 35.2 Å². The normalized spacial score (nSPS) is 16.3.